The summed E-state index contributed by atoms with van der Waals surface area (Å²) in [7, 11) is 0. The number of nitrogens with zero attached hydrogens (tertiary/aromatic N) is 1. The third-order valence-electron chi connectivity index (χ3n) is 3.63. The molecule has 0 spiro atoms. The number of fused-ring (bicyclic) bond motifs is 1. The van der Waals surface area contributed by atoms with E-state index in [2.05, 4.69) is 41.7 Å². The largest absolute Gasteiger partial charge is 0.356 e. The predicted octanol–water partition coefficient (Wildman–Crippen LogP) is 3.84. The van der Waals surface area contributed by atoms with Crippen molar-refractivity contribution < 1.29 is 4.52 Å². The average molecular weight is 260 g/mol. The Morgan fingerprint density at radius 1 is 1.16 bits per heavy atom. The first-order valence-electron chi connectivity index (χ1n) is 7.41. The minimum atomic E-state index is 0.471. The second-order valence-corrected chi connectivity index (χ2v) is 4.95. The molecule has 0 bridgehead atoms. The van der Waals surface area contributed by atoms with E-state index >= 15 is 0 Å². The number of hydrogen-bond donors (Lipinski definition) is 1. The standard InChI is InChI=1S/C14H18N2O.C2H6/c1-10-2-4-12-13(5-3-10)17-16-14(12)11-6-8-15-9-7-11;1-2/h2-5,10-11,15H,6-9H2,1H3;1-2H3. The van der Waals surface area contributed by atoms with Crippen molar-refractivity contribution in [1.82, 2.24) is 10.5 Å². The SMILES string of the molecule is CC.CC1C=Cc2onc(C3CCNCC3)c2C=C1. The maximum atomic E-state index is 5.46. The highest BCUT2D eigenvalue weighted by atomic mass is 16.5. The van der Waals surface area contributed by atoms with Crippen LogP contribution in [0.1, 0.15) is 56.5 Å². The van der Waals surface area contributed by atoms with E-state index < -0.39 is 0 Å². The zero-order valence-electron chi connectivity index (χ0n) is 12.1. The molecule has 104 valence electrons. The highest BCUT2D eigenvalue weighted by Crippen LogP contribution is 2.32. The fourth-order valence-corrected chi connectivity index (χ4v) is 2.55. The molecule has 1 N–H and O–H groups in total. The van der Waals surface area contributed by atoms with Crippen LogP contribution in [0.15, 0.2) is 16.7 Å². The number of hydrogen-bond acceptors (Lipinski definition) is 3. The van der Waals surface area contributed by atoms with Crippen molar-refractivity contribution in [3.8, 4) is 0 Å². The normalized spacial score (nSPS) is 22.4. The van der Waals surface area contributed by atoms with Crippen LogP contribution >= 0.6 is 0 Å². The zero-order chi connectivity index (χ0) is 13.7. The molecule has 3 rings (SSSR count). The summed E-state index contributed by atoms with van der Waals surface area (Å²) in [6, 6.07) is 0. The van der Waals surface area contributed by atoms with E-state index in [1.165, 1.54) is 5.56 Å². The molecule has 1 aliphatic carbocycles. The monoisotopic (exact) mass is 260 g/mol. The van der Waals surface area contributed by atoms with E-state index in [0.717, 1.165) is 37.4 Å². The Balaban J connectivity index is 0.000000637. The molecular weight excluding hydrogens is 236 g/mol. The lowest BCUT2D eigenvalue weighted by atomic mass is 9.91. The van der Waals surface area contributed by atoms with Crippen LogP contribution in [0.2, 0.25) is 0 Å². The van der Waals surface area contributed by atoms with Crippen LogP contribution in [-0.2, 0) is 0 Å². The van der Waals surface area contributed by atoms with E-state index in [4.69, 9.17) is 4.52 Å². The lowest BCUT2D eigenvalue weighted by Gasteiger charge is -2.20. The van der Waals surface area contributed by atoms with E-state index in [9.17, 15) is 0 Å². The molecule has 3 heteroatoms. The van der Waals surface area contributed by atoms with Gasteiger partial charge in [-0.15, -0.1) is 0 Å². The van der Waals surface area contributed by atoms with Crippen LogP contribution in [0.5, 0.6) is 0 Å². The molecule has 2 heterocycles. The van der Waals surface area contributed by atoms with Gasteiger partial charge in [-0.2, -0.15) is 0 Å². The van der Waals surface area contributed by atoms with Crippen molar-refractivity contribution in [2.75, 3.05) is 13.1 Å². The fraction of sp³-hybridized carbons (Fsp3) is 0.562. The van der Waals surface area contributed by atoms with Crippen LogP contribution in [0.25, 0.3) is 12.2 Å². The smallest absolute Gasteiger partial charge is 0.166 e. The van der Waals surface area contributed by atoms with E-state index in [0.29, 0.717) is 11.8 Å². The number of nitrogens with one attached hydrogen (secondary N) is 1. The molecule has 0 saturated carbocycles. The van der Waals surface area contributed by atoms with Crippen LogP contribution in [0.3, 0.4) is 0 Å². The van der Waals surface area contributed by atoms with Crippen molar-refractivity contribution in [1.29, 1.82) is 0 Å². The van der Waals surface area contributed by atoms with Crippen LogP contribution in [0, 0.1) is 5.92 Å². The highest BCUT2D eigenvalue weighted by molar-refractivity contribution is 5.66. The lowest BCUT2D eigenvalue weighted by molar-refractivity contribution is 0.381. The van der Waals surface area contributed by atoms with Crippen molar-refractivity contribution in [2.45, 2.75) is 39.5 Å². The summed E-state index contributed by atoms with van der Waals surface area (Å²) in [6.45, 7) is 8.35. The van der Waals surface area contributed by atoms with Crippen molar-refractivity contribution in [3.63, 3.8) is 0 Å². The molecule has 1 unspecified atom stereocenters. The Kier molecular flexibility index (Phi) is 4.97. The first-order valence-corrected chi connectivity index (χ1v) is 7.41. The number of rotatable bonds is 1. The molecule has 0 aromatic carbocycles. The van der Waals surface area contributed by atoms with Gasteiger partial charge in [0.1, 0.15) is 0 Å². The van der Waals surface area contributed by atoms with E-state index in [1.807, 2.05) is 13.8 Å². The molecule has 1 aromatic rings. The molecule has 1 saturated heterocycles. The molecule has 1 atom stereocenters. The maximum Gasteiger partial charge on any atom is 0.166 e. The Bertz CT molecular complexity index is 453. The van der Waals surface area contributed by atoms with Gasteiger partial charge in [-0.25, -0.2) is 0 Å². The Hall–Kier alpha value is -1.35. The molecule has 1 fully saturated rings. The van der Waals surface area contributed by atoms with Gasteiger partial charge in [0.25, 0.3) is 0 Å². The quantitative estimate of drug-likeness (QED) is 0.833. The fourth-order valence-electron chi connectivity index (χ4n) is 2.55. The van der Waals surface area contributed by atoms with Gasteiger partial charge in [-0.3, -0.25) is 0 Å². The summed E-state index contributed by atoms with van der Waals surface area (Å²) >= 11 is 0. The van der Waals surface area contributed by atoms with Crippen molar-refractivity contribution >= 4 is 12.2 Å². The first kappa shape index (κ1) is 14.1. The van der Waals surface area contributed by atoms with Gasteiger partial charge >= 0.3 is 0 Å². The number of allylic oxidation sites excluding steroid dienone is 2. The average Bonchev–Trinajstić information content (AvgIpc) is 2.80. The molecular formula is C16H24N2O. The molecule has 0 radical (unpaired) electrons. The van der Waals surface area contributed by atoms with Gasteiger partial charge in [-0.05, 0) is 37.9 Å². The Morgan fingerprint density at radius 3 is 2.58 bits per heavy atom. The van der Waals surface area contributed by atoms with E-state index in [1.54, 1.807) is 0 Å². The first-order chi connectivity index (χ1) is 9.34. The van der Waals surface area contributed by atoms with Crippen LogP contribution in [-0.4, -0.2) is 18.2 Å². The number of aromatic nitrogens is 1. The molecule has 1 aliphatic heterocycles. The molecule has 2 aliphatic rings. The molecule has 19 heavy (non-hydrogen) atoms. The second kappa shape index (κ2) is 6.71. The van der Waals surface area contributed by atoms with Crippen LogP contribution in [0.4, 0.5) is 0 Å². The molecule has 1 aromatic heterocycles. The summed E-state index contributed by atoms with van der Waals surface area (Å²) in [5.41, 5.74) is 2.34. The maximum absolute atomic E-state index is 5.46. The molecule has 3 nitrogen and oxygen atoms in total. The third-order valence-corrected chi connectivity index (χ3v) is 3.63. The topological polar surface area (TPSA) is 38.1 Å². The summed E-state index contributed by atoms with van der Waals surface area (Å²) in [5, 5.41) is 7.67. The zero-order valence-corrected chi connectivity index (χ0v) is 12.1. The van der Waals surface area contributed by atoms with Crippen molar-refractivity contribution in [3.05, 3.63) is 29.2 Å². The Morgan fingerprint density at radius 2 is 1.84 bits per heavy atom. The second-order valence-electron chi connectivity index (χ2n) is 4.95. The number of piperidine rings is 1. The summed E-state index contributed by atoms with van der Waals surface area (Å²) < 4.78 is 5.46. The Labute approximate surface area is 115 Å². The van der Waals surface area contributed by atoms with Gasteiger partial charge in [0, 0.05) is 11.5 Å². The van der Waals surface area contributed by atoms with E-state index in [-0.39, 0.29) is 0 Å². The predicted molar refractivity (Wildman–Crippen MR) is 79.9 cm³/mol. The van der Waals surface area contributed by atoms with Gasteiger partial charge in [0.15, 0.2) is 5.76 Å². The van der Waals surface area contributed by atoms with Crippen molar-refractivity contribution in [2.24, 2.45) is 5.92 Å². The third kappa shape index (κ3) is 3.16. The minimum Gasteiger partial charge on any atom is -0.356 e. The summed E-state index contributed by atoms with van der Waals surface area (Å²) in [4.78, 5) is 0. The summed E-state index contributed by atoms with van der Waals surface area (Å²) in [6.07, 6.45) is 10.9. The summed E-state index contributed by atoms with van der Waals surface area (Å²) in [5.74, 6) is 1.94. The van der Waals surface area contributed by atoms with Gasteiger partial charge in [-0.1, -0.05) is 44.2 Å². The van der Waals surface area contributed by atoms with Gasteiger partial charge < -0.3 is 9.84 Å². The van der Waals surface area contributed by atoms with Crippen LogP contribution < -0.4 is 5.32 Å². The lowest BCUT2D eigenvalue weighted by Crippen LogP contribution is -2.27. The van der Waals surface area contributed by atoms with Gasteiger partial charge in [0.2, 0.25) is 0 Å². The molecule has 0 amide bonds. The van der Waals surface area contributed by atoms with Gasteiger partial charge in [0.05, 0.1) is 5.69 Å². The highest BCUT2D eigenvalue weighted by Gasteiger charge is 2.23. The minimum absolute atomic E-state index is 0.471.